The molecule has 0 radical (unpaired) electrons. The summed E-state index contributed by atoms with van der Waals surface area (Å²) >= 11 is 0. The highest BCUT2D eigenvalue weighted by Crippen LogP contribution is 2.01. The zero-order chi connectivity index (χ0) is 13.4. The molecule has 0 unspecified atom stereocenters. The summed E-state index contributed by atoms with van der Waals surface area (Å²) in [6.07, 6.45) is 5.45. The molecule has 18 heavy (non-hydrogen) atoms. The van der Waals surface area contributed by atoms with Crippen molar-refractivity contribution in [3.63, 3.8) is 0 Å². The zero-order valence-corrected chi connectivity index (χ0v) is 12.1. The Bertz CT molecular complexity index is 321. The molecule has 0 aliphatic rings. The van der Waals surface area contributed by atoms with Gasteiger partial charge in [0.2, 0.25) is 0 Å². The Balaban J connectivity index is 2.10. The molecule has 1 aromatic heterocycles. The highest BCUT2D eigenvalue weighted by Gasteiger charge is 2.00. The van der Waals surface area contributed by atoms with Crippen LogP contribution in [0.25, 0.3) is 0 Å². The molecule has 0 aliphatic heterocycles. The summed E-state index contributed by atoms with van der Waals surface area (Å²) < 4.78 is 7.50. The van der Waals surface area contributed by atoms with Gasteiger partial charge in [0.25, 0.3) is 0 Å². The van der Waals surface area contributed by atoms with Crippen LogP contribution < -0.4 is 5.32 Å². The number of aromatic nitrogens is 2. The first-order valence-electron chi connectivity index (χ1n) is 6.91. The fourth-order valence-electron chi connectivity index (χ4n) is 1.72. The summed E-state index contributed by atoms with van der Waals surface area (Å²) in [4.78, 5) is 0. The number of ether oxygens (including phenoxy) is 1. The van der Waals surface area contributed by atoms with Gasteiger partial charge < -0.3 is 10.1 Å². The number of hydrogen-bond donors (Lipinski definition) is 1. The van der Waals surface area contributed by atoms with E-state index in [0.29, 0.717) is 12.0 Å². The van der Waals surface area contributed by atoms with Gasteiger partial charge in [-0.3, -0.25) is 4.68 Å². The maximum atomic E-state index is 5.49. The first-order chi connectivity index (χ1) is 8.58. The summed E-state index contributed by atoms with van der Waals surface area (Å²) in [6, 6.07) is 0. The molecule has 0 aromatic carbocycles. The van der Waals surface area contributed by atoms with E-state index in [-0.39, 0.29) is 0 Å². The second kappa shape index (κ2) is 8.27. The van der Waals surface area contributed by atoms with Gasteiger partial charge in [-0.1, -0.05) is 13.8 Å². The van der Waals surface area contributed by atoms with Crippen molar-refractivity contribution in [1.29, 1.82) is 0 Å². The van der Waals surface area contributed by atoms with Crippen LogP contribution in [0.2, 0.25) is 0 Å². The molecule has 104 valence electrons. The van der Waals surface area contributed by atoms with Gasteiger partial charge in [0, 0.05) is 31.5 Å². The minimum absolute atomic E-state index is 0.333. The summed E-state index contributed by atoms with van der Waals surface area (Å²) in [6.45, 7) is 12.2. The van der Waals surface area contributed by atoms with Crippen LogP contribution in [0.3, 0.4) is 0 Å². The molecule has 1 N–H and O–H groups in total. The van der Waals surface area contributed by atoms with Crippen LogP contribution in [0, 0.1) is 5.92 Å². The first-order valence-corrected chi connectivity index (χ1v) is 6.91. The van der Waals surface area contributed by atoms with Crippen LogP contribution in [0.4, 0.5) is 0 Å². The van der Waals surface area contributed by atoms with Crippen molar-refractivity contribution in [3.05, 3.63) is 18.0 Å². The van der Waals surface area contributed by atoms with Gasteiger partial charge in [-0.2, -0.15) is 5.10 Å². The van der Waals surface area contributed by atoms with E-state index >= 15 is 0 Å². The Kier molecular flexibility index (Phi) is 6.98. The Hall–Kier alpha value is -0.870. The van der Waals surface area contributed by atoms with Crippen LogP contribution >= 0.6 is 0 Å². The predicted molar refractivity (Wildman–Crippen MR) is 74.5 cm³/mol. The molecule has 4 nitrogen and oxygen atoms in total. The van der Waals surface area contributed by atoms with Crippen molar-refractivity contribution in [1.82, 2.24) is 15.1 Å². The molecule has 0 spiro atoms. The van der Waals surface area contributed by atoms with E-state index < -0.39 is 0 Å². The summed E-state index contributed by atoms with van der Waals surface area (Å²) in [7, 11) is 0. The Labute approximate surface area is 111 Å². The predicted octanol–water partition coefficient (Wildman–Crippen LogP) is 2.44. The van der Waals surface area contributed by atoms with Gasteiger partial charge >= 0.3 is 0 Å². The Morgan fingerprint density at radius 1 is 1.33 bits per heavy atom. The Morgan fingerprint density at radius 2 is 2.11 bits per heavy atom. The number of hydrogen-bond acceptors (Lipinski definition) is 3. The molecule has 0 amide bonds. The SMILES string of the molecule is CC(C)Cn1cc(CNCCCOC(C)C)cn1. The standard InChI is InChI=1S/C14H27N3O/c1-12(2)10-17-11-14(9-16-17)8-15-6-5-7-18-13(3)4/h9,11-13,15H,5-8,10H2,1-4H3. The molecule has 1 aromatic rings. The normalized spacial score (nSPS) is 11.7. The largest absolute Gasteiger partial charge is 0.379 e. The van der Waals surface area contributed by atoms with Crippen molar-refractivity contribution < 1.29 is 4.74 Å². The van der Waals surface area contributed by atoms with Crippen LogP contribution in [-0.4, -0.2) is 29.0 Å². The molecular formula is C14H27N3O. The molecule has 1 heterocycles. The van der Waals surface area contributed by atoms with E-state index in [9.17, 15) is 0 Å². The molecule has 4 heteroatoms. The van der Waals surface area contributed by atoms with Crippen molar-refractivity contribution in [2.75, 3.05) is 13.2 Å². The monoisotopic (exact) mass is 253 g/mol. The van der Waals surface area contributed by atoms with E-state index in [1.165, 1.54) is 5.56 Å². The van der Waals surface area contributed by atoms with Gasteiger partial charge in [-0.25, -0.2) is 0 Å². The number of nitrogens with one attached hydrogen (secondary N) is 1. The van der Waals surface area contributed by atoms with E-state index in [1.807, 2.05) is 10.9 Å². The second-order valence-electron chi connectivity index (χ2n) is 5.41. The minimum atomic E-state index is 0.333. The van der Waals surface area contributed by atoms with Crippen molar-refractivity contribution in [2.24, 2.45) is 5.92 Å². The maximum Gasteiger partial charge on any atom is 0.0534 e. The molecule has 0 fully saturated rings. The molecule has 1 rings (SSSR count). The van der Waals surface area contributed by atoms with Crippen molar-refractivity contribution >= 4 is 0 Å². The molecule has 0 bridgehead atoms. The Morgan fingerprint density at radius 3 is 2.78 bits per heavy atom. The van der Waals surface area contributed by atoms with Gasteiger partial charge in [0.1, 0.15) is 0 Å². The van der Waals surface area contributed by atoms with E-state index in [1.54, 1.807) is 0 Å². The van der Waals surface area contributed by atoms with E-state index in [2.05, 4.69) is 44.3 Å². The lowest BCUT2D eigenvalue weighted by Gasteiger charge is -2.07. The lowest BCUT2D eigenvalue weighted by molar-refractivity contribution is 0.0770. The van der Waals surface area contributed by atoms with Gasteiger partial charge in [-0.05, 0) is 32.7 Å². The van der Waals surface area contributed by atoms with Crippen LogP contribution in [0.1, 0.15) is 39.7 Å². The van der Waals surface area contributed by atoms with Gasteiger partial charge in [-0.15, -0.1) is 0 Å². The molecule has 0 saturated carbocycles. The highest BCUT2D eigenvalue weighted by molar-refractivity contribution is 5.03. The molecule has 0 atom stereocenters. The van der Waals surface area contributed by atoms with E-state index in [4.69, 9.17) is 4.74 Å². The average molecular weight is 253 g/mol. The van der Waals surface area contributed by atoms with Crippen LogP contribution in [0.5, 0.6) is 0 Å². The number of rotatable bonds is 9. The third-order valence-corrected chi connectivity index (χ3v) is 2.52. The summed E-state index contributed by atoms with van der Waals surface area (Å²) in [5.41, 5.74) is 1.25. The summed E-state index contributed by atoms with van der Waals surface area (Å²) in [5.74, 6) is 0.638. The van der Waals surface area contributed by atoms with Crippen molar-refractivity contribution in [3.8, 4) is 0 Å². The van der Waals surface area contributed by atoms with Crippen molar-refractivity contribution in [2.45, 2.75) is 53.3 Å². The summed E-state index contributed by atoms with van der Waals surface area (Å²) in [5, 5.41) is 7.76. The van der Waals surface area contributed by atoms with Gasteiger partial charge in [0.15, 0.2) is 0 Å². The zero-order valence-electron chi connectivity index (χ0n) is 12.1. The third kappa shape index (κ3) is 6.77. The highest BCUT2D eigenvalue weighted by atomic mass is 16.5. The van der Waals surface area contributed by atoms with Crippen LogP contribution in [0.15, 0.2) is 12.4 Å². The molecule has 0 aliphatic carbocycles. The van der Waals surface area contributed by atoms with Gasteiger partial charge in [0.05, 0.1) is 12.3 Å². The molecular weight excluding hydrogens is 226 g/mol. The second-order valence-corrected chi connectivity index (χ2v) is 5.41. The minimum Gasteiger partial charge on any atom is -0.379 e. The fraction of sp³-hybridized carbons (Fsp3) is 0.786. The average Bonchev–Trinajstić information content (AvgIpc) is 2.69. The lowest BCUT2D eigenvalue weighted by Crippen LogP contribution is -2.17. The smallest absolute Gasteiger partial charge is 0.0534 e. The van der Waals surface area contributed by atoms with E-state index in [0.717, 1.165) is 32.7 Å². The van der Waals surface area contributed by atoms with Crippen LogP contribution in [-0.2, 0) is 17.8 Å². The quantitative estimate of drug-likeness (QED) is 0.687. The molecule has 0 saturated heterocycles. The maximum absolute atomic E-state index is 5.49. The lowest BCUT2D eigenvalue weighted by atomic mass is 10.2. The fourth-order valence-corrected chi connectivity index (χ4v) is 1.72. The third-order valence-electron chi connectivity index (χ3n) is 2.52. The topological polar surface area (TPSA) is 39.1 Å². The number of nitrogens with zero attached hydrogens (tertiary/aromatic N) is 2. The first kappa shape index (κ1) is 15.2.